The number of nitrogens with one attached hydrogen (secondary N) is 1. The van der Waals surface area contributed by atoms with Crippen LogP contribution in [0.25, 0.3) is 0 Å². The summed E-state index contributed by atoms with van der Waals surface area (Å²) in [6.45, 7) is 0.728. The molecule has 0 aliphatic rings. The van der Waals surface area contributed by atoms with Crippen LogP contribution >= 0.6 is 46.4 Å². The van der Waals surface area contributed by atoms with Gasteiger partial charge in [-0.3, -0.25) is 0 Å². The number of ether oxygens (including phenoxy) is 3. The van der Waals surface area contributed by atoms with Crippen LogP contribution in [0, 0.1) is 0 Å². The van der Waals surface area contributed by atoms with E-state index in [1.807, 2.05) is 18.2 Å². The van der Waals surface area contributed by atoms with E-state index in [-0.39, 0.29) is 6.61 Å². The Balaban J connectivity index is 1.72. The van der Waals surface area contributed by atoms with Crippen molar-refractivity contribution in [2.75, 3.05) is 19.5 Å². The van der Waals surface area contributed by atoms with Crippen molar-refractivity contribution in [2.45, 2.75) is 13.2 Å². The highest BCUT2D eigenvalue weighted by atomic mass is 35.5. The molecule has 8 heteroatoms. The minimum Gasteiger partial charge on any atom is -0.495 e. The normalized spacial score (nSPS) is 10.6. The number of anilines is 1. The first kappa shape index (κ1) is 22.7. The van der Waals surface area contributed by atoms with E-state index in [0.717, 1.165) is 16.8 Å². The second kappa shape index (κ2) is 10.4. The summed E-state index contributed by atoms with van der Waals surface area (Å²) in [5.74, 6) is 1.70. The van der Waals surface area contributed by atoms with E-state index in [0.29, 0.717) is 43.9 Å². The molecule has 0 aliphatic carbocycles. The van der Waals surface area contributed by atoms with Gasteiger partial charge in [0, 0.05) is 38.9 Å². The molecule has 0 radical (unpaired) electrons. The molecule has 3 aromatic rings. The number of hydrogen-bond acceptors (Lipinski definition) is 4. The summed E-state index contributed by atoms with van der Waals surface area (Å²) in [5.41, 5.74) is 2.49. The third kappa shape index (κ3) is 5.58. The molecule has 0 aliphatic heterocycles. The number of hydrogen-bond donors (Lipinski definition) is 1. The van der Waals surface area contributed by atoms with Crippen LogP contribution in [-0.2, 0) is 13.2 Å². The first-order chi connectivity index (χ1) is 14.4. The Labute approximate surface area is 195 Å². The van der Waals surface area contributed by atoms with Gasteiger partial charge >= 0.3 is 0 Å². The fourth-order valence-corrected chi connectivity index (χ4v) is 3.69. The van der Waals surface area contributed by atoms with Crippen molar-refractivity contribution < 1.29 is 14.2 Å². The molecule has 30 heavy (non-hydrogen) atoms. The number of benzene rings is 3. The lowest BCUT2D eigenvalue weighted by molar-refractivity contribution is 0.284. The van der Waals surface area contributed by atoms with Crippen LogP contribution in [-0.4, -0.2) is 14.2 Å². The molecular weight excluding hydrogens is 468 g/mol. The molecule has 0 saturated carbocycles. The van der Waals surface area contributed by atoms with Crippen LogP contribution in [0.15, 0.2) is 48.5 Å². The van der Waals surface area contributed by atoms with Gasteiger partial charge in [-0.1, -0.05) is 52.5 Å². The lowest BCUT2D eigenvalue weighted by Crippen LogP contribution is -2.03. The molecular formula is C22H19Cl4NO3. The van der Waals surface area contributed by atoms with Crippen LogP contribution < -0.4 is 19.5 Å². The molecule has 0 spiro atoms. The fourth-order valence-electron chi connectivity index (χ4n) is 2.75. The Kier molecular flexibility index (Phi) is 7.84. The summed E-state index contributed by atoms with van der Waals surface area (Å²) >= 11 is 24.8. The topological polar surface area (TPSA) is 39.7 Å². The van der Waals surface area contributed by atoms with Gasteiger partial charge in [0.25, 0.3) is 0 Å². The zero-order valence-corrected chi connectivity index (χ0v) is 19.3. The van der Waals surface area contributed by atoms with Gasteiger partial charge < -0.3 is 19.5 Å². The molecule has 3 rings (SSSR count). The van der Waals surface area contributed by atoms with Gasteiger partial charge in [-0.15, -0.1) is 0 Å². The van der Waals surface area contributed by atoms with Gasteiger partial charge in [-0.2, -0.15) is 0 Å². The lowest BCUT2D eigenvalue weighted by atomic mass is 10.2. The van der Waals surface area contributed by atoms with Crippen molar-refractivity contribution in [3.8, 4) is 17.2 Å². The fraction of sp³-hybridized carbons (Fsp3) is 0.182. The van der Waals surface area contributed by atoms with E-state index in [1.54, 1.807) is 44.6 Å². The molecule has 0 heterocycles. The second-order valence-corrected chi connectivity index (χ2v) is 7.98. The Bertz CT molecular complexity index is 1040. The van der Waals surface area contributed by atoms with Gasteiger partial charge in [0.15, 0.2) is 11.5 Å². The minimum absolute atomic E-state index is 0.255. The minimum atomic E-state index is 0.255. The second-order valence-electron chi connectivity index (χ2n) is 6.32. The predicted octanol–water partition coefficient (Wildman–Crippen LogP) is 7.51. The Morgan fingerprint density at radius 3 is 2.10 bits per heavy atom. The van der Waals surface area contributed by atoms with E-state index in [2.05, 4.69) is 5.32 Å². The summed E-state index contributed by atoms with van der Waals surface area (Å²) in [4.78, 5) is 0. The summed E-state index contributed by atoms with van der Waals surface area (Å²) in [6.07, 6.45) is 0. The van der Waals surface area contributed by atoms with E-state index in [4.69, 9.17) is 60.6 Å². The van der Waals surface area contributed by atoms with Gasteiger partial charge in [0.2, 0.25) is 0 Å². The van der Waals surface area contributed by atoms with Crippen molar-refractivity contribution in [1.82, 2.24) is 0 Å². The third-order valence-corrected chi connectivity index (χ3v) is 5.60. The third-order valence-electron chi connectivity index (χ3n) is 4.37. The van der Waals surface area contributed by atoms with E-state index >= 15 is 0 Å². The average Bonchev–Trinajstić information content (AvgIpc) is 2.72. The maximum Gasteiger partial charge on any atom is 0.163 e. The van der Waals surface area contributed by atoms with Gasteiger partial charge in [-0.25, -0.2) is 0 Å². The van der Waals surface area contributed by atoms with Crippen molar-refractivity contribution in [1.29, 1.82) is 0 Å². The van der Waals surface area contributed by atoms with Crippen LogP contribution in [0.3, 0.4) is 0 Å². The molecule has 0 aromatic heterocycles. The van der Waals surface area contributed by atoms with Crippen LogP contribution in [0.5, 0.6) is 17.2 Å². The Morgan fingerprint density at radius 2 is 1.43 bits per heavy atom. The highest BCUT2D eigenvalue weighted by molar-refractivity contribution is 6.35. The first-order valence-electron chi connectivity index (χ1n) is 8.91. The Hall–Kier alpha value is -1.98. The average molecular weight is 487 g/mol. The van der Waals surface area contributed by atoms with E-state index in [1.165, 1.54) is 0 Å². The first-order valence-corrected chi connectivity index (χ1v) is 10.4. The molecule has 1 N–H and O–H groups in total. The molecule has 0 amide bonds. The zero-order chi connectivity index (χ0) is 21.7. The summed E-state index contributed by atoms with van der Waals surface area (Å²) < 4.78 is 16.5. The monoisotopic (exact) mass is 485 g/mol. The van der Waals surface area contributed by atoms with Crippen molar-refractivity contribution in [3.05, 3.63) is 79.7 Å². The predicted molar refractivity (Wildman–Crippen MR) is 124 cm³/mol. The van der Waals surface area contributed by atoms with Crippen molar-refractivity contribution in [2.24, 2.45) is 0 Å². The van der Waals surface area contributed by atoms with Crippen molar-refractivity contribution in [3.63, 3.8) is 0 Å². The summed E-state index contributed by atoms with van der Waals surface area (Å²) in [5, 5.41) is 5.45. The highest BCUT2D eigenvalue weighted by Crippen LogP contribution is 2.35. The lowest BCUT2D eigenvalue weighted by Gasteiger charge is -2.15. The smallest absolute Gasteiger partial charge is 0.163 e. The van der Waals surface area contributed by atoms with E-state index < -0.39 is 0 Å². The molecule has 0 bridgehead atoms. The van der Waals surface area contributed by atoms with Crippen LogP contribution in [0.2, 0.25) is 20.1 Å². The quantitative estimate of drug-likeness (QED) is 0.357. The summed E-state index contributed by atoms with van der Waals surface area (Å²) in [7, 11) is 3.15. The van der Waals surface area contributed by atoms with Crippen molar-refractivity contribution >= 4 is 52.1 Å². The van der Waals surface area contributed by atoms with Gasteiger partial charge in [0.05, 0.1) is 19.2 Å². The largest absolute Gasteiger partial charge is 0.495 e. The number of halogens is 4. The highest BCUT2D eigenvalue weighted by Gasteiger charge is 2.12. The molecule has 4 nitrogen and oxygen atoms in total. The Morgan fingerprint density at radius 1 is 0.700 bits per heavy atom. The summed E-state index contributed by atoms with van der Waals surface area (Å²) in [6, 6.07) is 14.3. The molecule has 158 valence electrons. The maximum absolute atomic E-state index is 6.47. The molecule has 0 atom stereocenters. The van der Waals surface area contributed by atoms with Crippen LogP contribution in [0.4, 0.5) is 5.69 Å². The number of rotatable bonds is 8. The number of methoxy groups -OCH3 is 2. The molecule has 0 fully saturated rings. The maximum atomic E-state index is 6.47. The standard InChI is InChI=1S/C22H19Cl4NO3/c1-28-20-6-5-16(9-19(20)26)27-11-14-7-21(29-2)22(10-18(14)25)30-12-13-3-4-15(23)8-17(13)24/h3-10,27H,11-12H2,1-2H3. The molecule has 0 saturated heterocycles. The van der Waals surface area contributed by atoms with Gasteiger partial charge in [0.1, 0.15) is 12.4 Å². The van der Waals surface area contributed by atoms with Crippen LogP contribution in [0.1, 0.15) is 11.1 Å². The molecule has 0 unspecified atom stereocenters. The van der Waals surface area contributed by atoms with E-state index in [9.17, 15) is 0 Å². The molecule has 3 aromatic carbocycles. The zero-order valence-electron chi connectivity index (χ0n) is 16.3. The SMILES string of the molecule is COc1ccc(NCc2cc(OC)c(OCc3ccc(Cl)cc3Cl)cc2Cl)cc1Cl. The van der Waals surface area contributed by atoms with Gasteiger partial charge in [-0.05, 0) is 42.0 Å².